The van der Waals surface area contributed by atoms with Crippen LogP contribution in [0.3, 0.4) is 0 Å². The van der Waals surface area contributed by atoms with Crippen LogP contribution >= 0.6 is 22.6 Å². The van der Waals surface area contributed by atoms with Gasteiger partial charge < -0.3 is 9.47 Å². The fourth-order valence-corrected chi connectivity index (χ4v) is 1.60. The van der Waals surface area contributed by atoms with Crippen molar-refractivity contribution in [2.75, 3.05) is 14.2 Å². The first-order valence-corrected chi connectivity index (χ1v) is 4.67. The summed E-state index contributed by atoms with van der Waals surface area (Å²) in [5.41, 5.74) is 0.580. The highest BCUT2D eigenvalue weighted by molar-refractivity contribution is 14.1. The van der Waals surface area contributed by atoms with E-state index in [1.54, 1.807) is 26.4 Å². The highest BCUT2D eigenvalue weighted by Gasteiger charge is 2.08. The lowest BCUT2D eigenvalue weighted by molar-refractivity contribution is 0.112. The van der Waals surface area contributed by atoms with Crippen LogP contribution in [0.5, 0.6) is 11.5 Å². The SMILES string of the molecule is COc1cc(C=O)c(I)c(OC)c1. The summed E-state index contributed by atoms with van der Waals surface area (Å²) in [7, 11) is 3.11. The third kappa shape index (κ3) is 2.12. The van der Waals surface area contributed by atoms with Crippen molar-refractivity contribution >= 4 is 28.9 Å². The fraction of sp³-hybridized carbons (Fsp3) is 0.222. The molecule has 0 aliphatic rings. The number of ether oxygens (including phenoxy) is 2. The first-order chi connectivity index (χ1) is 6.22. The number of rotatable bonds is 3. The minimum atomic E-state index is 0.580. The third-order valence-corrected chi connectivity index (χ3v) is 2.78. The Morgan fingerprint density at radius 1 is 1.31 bits per heavy atom. The van der Waals surface area contributed by atoms with E-state index in [-0.39, 0.29) is 0 Å². The van der Waals surface area contributed by atoms with Crippen LogP contribution in [0.2, 0.25) is 0 Å². The highest BCUT2D eigenvalue weighted by Crippen LogP contribution is 2.28. The van der Waals surface area contributed by atoms with E-state index in [1.165, 1.54) is 0 Å². The molecule has 0 amide bonds. The van der Waals surface area contributed by atoms with E-state index in [1.807, 2.05) is 0 Å². The molecule has 0 saturated heterocycles. The first kappa shape index (κ1) is 10.3. The minimum Gasteiger partial charge on any atom is -0.497 e. The summed E-state index contributed by atoms with van der Waals surface area (Å²) in [6, 6.07) is 3.42. The second-order valence-electron chi connectivity index (χ2n) is 2.35. The largest absolute Gasteiger partial charge is 0.497 e. The monoisotopic (exact) mass is 292 g/mol. The van der Waals surface area contributed by atoms with Crippen LogP contribution in [-0.4, -0.2) is 20.5 Å². The predicted molar refractivity (Wildman–Crippen MR) is 57.7 cm³/mol. The van der Waals surface area contributed by atoms with Crippen molar-refractivity contribution in [1.29, 1.82) is 0 Å². The molecule has 1 rings (SSSR count). The Bertz CT molecular complexity index is 323. The summed E-state index contributed by atoms with van der Waals surface area (Å²) < 4.78 is 10.9. The zero-order valence-corrected chi connectivity index (χ0v) is 9.49. The van der Waals surface area contributed by atoms with Gasteiger partial charge in [0.1, 0.15) is 11.5 Å². The third-order valence-electron chi connectivity index (χ3n) is 1.62. The summed E-state index contributed by atoms with van der Waals surface area (Å²) in [5.74, 6) is 1.28. The molecule has 0 fully saturated rings. The van der Waals surface area contributed by atoms with Crippen LogP contribution in [0.15, 0.2) is 12.1 Å². The molecule has 0 radical (unpaired) electrons. The lowest BCUT2D eigenvalue weighted by Crippen LogP contribution is -1.94. The normalized spacial score (nSPS) is 9.46. The molecule has 0 atom stereocenters. The topological polar surface area (TPSA) is 35.5 Å². The van der Waals surface area contributed by atoms with Crippen molar-refractivity contribution in [3.05, 3.63) is 21.3 Å². The van der Waals surface area contributed by atoms with Crippen molar-refractivity contribution < 1.29 is 14.3 Å². The molecule has 0 bridgehead atoms. The molecule has 0 aliphatic heterocycles. The van der Waals surface area contributed by atoms with Crippen molar-refractivity contribution in [3.8, 4) is 11.5 Å². The quantitative estimate of drug-likeness (QED) is 0.632. The number of carbonyl (C=O) groups is 1. The summed E-state index contributed by atoms with van der Waals surface area (Å²) in [5, 5.41) is 0. The maximum absolute atomic E-state index is 10.6. The summed E-state index contributed by atoms with van der Waals surface area (Å²) >= 11 is 2.06. The number of carbonyl (C=O) groups excluding carboxylic acids is 1. The molecule has 1 aromatic rings. The maximum atomic E-state index is 10.6. The predicted octanol–water partition coefficient (Wildman–Crippen LogP) is 2.12. The molecule has 13 heavy (non-hydrogen) atoms. The Hall–Kier alpha value is -0.780. The second-order valence-corrected chi connectivity index (χ2v) is 3.43. The smallest absolute Gasteiger partial charge is 0.151 e. The lowest BCUT2D eigenvalue weighted by atomic mass is 10.2. The average molecular weight is 292 g/mol. The molecule has 0 unspecified atom stereocenters. The molecule has 0 aliphatic carbocycles. The van der Waals surface area contributed by atoms with E-state index in [2.05, 4.69) is 22.6 Å². The van der Waals surface area contributed by atoms with E-state index < -0.39 is 0 Å². The van der Waals surface area contributed by atoms with Gasteiger partial charge in [-0.05, 0) is 28.7 Å². The number of hydrogen-bond donors (Lipinski definition) is 0. The Morgan fingerprint density at radius 3 is 2.46 bits per heavy atom. The van der Waals surface area contributed by atoms with Gasteiger partial charge in [-0.15, -0.1) is 0 Å². The molecule has 1 aromatic carbocycles. The maximum Gasteiger partial charge on any atom is 0.151 e. The van der Waals surface area contributed by atoms with E-state index in [0.29, 0.717) is 17.1 Å². The number of hydrogen-bond acceptors (Lipinski definition) is 3. The lowest BCUT2D eigenvalue weighted by Gasteiger charge is -2.07. The van der Waals surface area contributed by atoms with E-state index in [0.717, 1.165) is 9.86 Å². The Balaban J connectivity index is 3.28. The zero-order chi connectivity index (χ0) is 9.84. The first-order valence-electron chi connectivity index (χ1n) is 3.59. The van der Waals surface area contributed by atoms with Crippen molar-refractivity contribution in [3.63, 3.8) is 0 Å². The Morgan fingerprint density at radius 2 is 2.00 bits per heavy atom. The standard InChI is InChI=1S/C9H9IO3/c1-12-7-3-6(5-11)9(10)8(4-7)13-2/h3-5H,1-2H3. The number of aldehydes is 1. The summed E-state index contributed by atoms with van der Waals surface area (Å²) in [4.78, 5) is 10.6. The van der Waals surface area contributed by atoms with Gasteiger partial charge >= 0.3 is 0 Å². The summed E-state index contributed by atoms with van der Waals surface area (Å²) in [6.07, 6.45) is 0.785. The molecule has 70 valence electrons. The number of benzene rings is 1. The van der Waals surface area contributed by atoms with Gasteiger partial charge in [-0.1, -0.05) is 0 Å². The Kier molecular flexibility index (Phi) is 3.53. The minimum absolute atomic E-state index is 0.580. The van der Waals surface area contributed by atoms with Crippen molar-refractivity contribution in [1.82, 2.24) is 0 Å². The molecule has 4 heteroatoms. The van der Waals surface area contributed by atoms with Gasteiger partial charge in [0.05, 0.1) is 17.8 Å². The van der Waals surface area contributed by atoms with Gasteiger partial charge in [-0.3, -0.25) is 4.79 Å². The van der Waals surface area contributed by atoms with Crippen molar-refractivity contribution in [2.24, 2.45) is 0 Å². The van der Waals surface area contributed by atoms with Gasteiger partial charge in [0.2, 0.25) is 0 Å². The number of halogens is 1. The molecule has 0 heterocycles. The van der Waals surface area contributed by atoms with Crippen LogP contribution in [0.1, 0.15) is 10.4 Å². The van der Waals surface area contributed by atoms with Crippen LogP contribution < -0.4 is 9.47 Å². The van der Waals surface area contributed by atoms with E-state index >= 15 is 0 Å². The van der Waals surface area contributed by atoms with Gasteiger partial charge in [0.25, 0.3) is 0 Å². The highest BCUT2D eigenvalue weighted by atomic mass is 127. The van der Waals surface area contributed by atoms with Gasteiger partial charge in [-0.2, -0.15) is 0 Å². The van der Waals surface area contributed by atoms with Crippen LogP contribution in [0.4, 0.5) is 0 Å². The molecule has 3 nitrogen and oxygen atoms in total. The van der Waals surface area contributed by atoms with Crippen LogP contribution in [0.25, 0.3) is 0 Å². The second kappa shape index (κ2) is 4.45. The van der Waals surface area contributed by atoms with Crippen LogP contribution in [-0.2, 0) is 0 Å². The fourth-order valence-electron chi connectivity index (χ4n) is 0.945. The van der Waals surface area contributed by atoms with Crippen LogP contribution in [0, 0.1) is 3.57 Å². The zero-order valence-electron chi connectivity index (χ0n) is 7.33. The van der Waals surface area contributed by atoms with E-state index in [4.69, 9.17) is 9.47 Å². The molecular weight excluding hydrogens is 283 g/mol. The number of methoxy groups -OCH3 is 2. The molecular formula is C9H9IO3. The molecule has 0 aromatic heterocycles. The van der Waals surface area contributed by atoms with Gasteiger partial charge in [-0.25, -0.2) is 0 Å². The summed E-state index contributed by atoms with van der Waals surface area (Å²) in [6.45, 7) is 0. The van der Waals surface area contributed by atoms with E-state index in [9.17, 15) is 4.79 Å². The molecule has 0 spiro atoms. The Labute approximate surface area is 90.2 Å². The average Bonchev–Trinajstić information content (AvgIpc) is 2.18. The van der Waals surface area contributed by atoms with Gasteiger partial charge in [0.15, 0.2) is 6.29 Å². The molecule has 0 saturated carbocycles. The molecule has 0 N–H and O–H groups in total. The van der Waals surface area contributed by atoms with Gasteiger partial charge in [0, 0.05) is 11.6 Å². The van der Waals surface area contributed by atoms with Crippen molar-refractivity contribution in [2.45, 2.75) is 0 Å².